The summed E-state index contributed by atoms with van der Waals surface area (Å²) in [5, 5.41) is 0. The Bertz CT molecular complexity index is 263. The fourth-order valence-electron chi connectivity index (χ4n) is 0.960. The normalized spacial score (nSPS) is 10.9. The van der Waals surface area contributed by atoms with Crippen molar-refractivity contribution in [3.8, 4) is 11.8 Å². The first-order chi connectivity index (χ1) is 7.39. The van der Waals surface area contributed by atoms with E-state index >= 15 is 0 Å². The third-order valence-electron chi connectivity index (χ3n) is 1.62. The molecule has 0 bridgehead atoms. The van der Waals surface area contributed by atoms with Gasteiger partial charge in [-0.2, -0.15) is 0 Å². The van der Waals surface area contributed by atoms with Crippen LogP contribution < -0.4 is 0 Å². The highest BCUT2D eigenvalue weighted by Gasteiger charge is 2.14. The van der Waals surface area contributed by atoms with Gasteiger partial charge in [-0.15, -0.1) is 0 Å². The SMILES string of the molecule is COC(CCC#CC(=O)OC(C)(C)C)OC. The van der Waals surface area contributed by atoms with Gasteiger partial charge in [0.1, 0.15) is 5.60 Å². The van der Waals surface area contributed by atoms with Crippen molar-refractivity contribution in [2.24, 2.45) is 0 Å². The first kappa shape index (κ1) is 14.9. The predicted octanol–water partition coefficient (Wildman–Crippen LogP) is 1.73. The minimum atomic E-state index is -0.501. The zero-order valence-electron chi connectivity index (χ0n) is 10.6. The van der Waals surface area contributed by atoms with E-state index in [4.69, 9.17) is 14.2 Å². The molecule has 0 N–H and O–H groups in total. The van der Waals surface area contributed by atoms with Gasteiger partial charge >= 0.3 is 5.97 Å². The van der Waals surface area contributed by atoms with Gasteiger partial charge in [-0.3, -0.25) is 0 Å². The molecular formula is C12H20O4. The van der Waals surface area contributed by atoms with Gasteiger partial charge in [0.05, 0.1) is 0 Å². The molecule has 0 amide bonds. The molecule has 4 heteroatoms. The standard InChI is InChI=1S/C12H20O4/c1-12(2,3)16-10(13)8-6-7-9-11(14-4)15-5/h11H,7,9H2,1-5H3. The van der Waals surface area contributed by atoms with Crippen LogP contribution in [0.15, 0.2) is 0 Å². The van der Waals surface area contributed by atoms with Gasteiger partial charge in [0.15, 0.2) is 6.29 Å². The molecule has 0 fully saturated rings. The quantitative estimate of drug-likeness (QED) is 0.318. The van der Waals surface area contributed by atoms with Crippen molar-refractivity contribution >= 4 is 5.97 Å². The molecule has 0 aromatic heterocycles. The molecule has 0 aromatic carbocycles. The van der Waals surface area contributed by atoms with Crippen LogP contribution in [0.25, 0.3) is 0 Å². The lowest BCUT2D eigenvalue weighted by molar-refractivity contribution is -0.147. The highest BCUT2D eigenvalue weighted by atomic mass is 16.7. The number of hydrogen-bond donors (Lipinski definition) is 0. The van der Waals surface area contributed by atoms with Crippen molar-refractivity contribution in [2.75, 3.05) is 14.2 Å². The van der Waals surface area contributed by atoms with Crippen LogP contribution in [0.4, 0.5) is 0 Å². The summed E-state index contributed by atoms with van der Waals surface area (Å²) in [5.41, 5.74) is -0.493. The summed E-state index contributed by atoms with van der Waals surface area (Å²) in [7, 11) is 3.13. The van der Waals surface area contributed by atoms with E-state index in [1.807, 2.05) is 0 Å². The molecule has 16 heavy (non-hydrogen) atoms. The monoisotopic (exact) mass is 228 g/mol. The summed E-state index contributed by atoms with van der Waals surface area (Å²) < 4.78 is 15.0. The first-order valence-electron chi connectivity index (χ1n) is 5.16. The maximum absolute atomic E-state index is 11.2. The fraction of sp³-hybridized carbons (Fsp3) is 0.750. The molecule has 0 radical (unpaired) electrons. The highest BCUT2D eigenvalue weighted by molar-refractivity contribution is 5.88. The molecule has 0 aliphatic carbocycles. The minimum absolute atomic E-state index is 0.270. The second-order valence-electron chi connectivity index (χ2n) is 4.24. The van der Waals surface area contributed by atoms with Gasteiger partial charge in [-0.25, -0.2) is 4.79 Å². The van der Waals surface area contributed by atoms with Crippen molar-refractivity contribution < 1.29 is 19.0 Å². The van der Waals surface area contributed by atoms with E-state index in [2.05, 4.69) is 11.8 Å². The molecule has 0 aliphatic heterocycles. The average Bonchev–Trinajstić information content (AvgIpc) is 2.15. The first-order valence-corrected chi connectivity index (χ1v) is 5.16. The van der Waals surface area contributed by atoms with Crippen LogP contribution in [0, 0.1) is 11.8 Å². The van der Waals surface area contributed by atoms with Crippen molar-refractivity contribution in [2.45, 2.75) is 45.5 Å². The Balaban J connectivity index is 3.89. The van der Waals surface area contributed by atoms with Crippen LogP contribution in [0.2, 0.25) is 0 Å². The summed E-state index contributed by atoms with van der Waals surface area (Å²) in [4.78, 5) is 11.2. The van der Waals surface area contributed by atoms with E-state index < -0.39 is 11.6 Å². The van der Waals surface area contributed by atoms with Crippen LogP contribution in [0.3, 0.4) is 0 Å². The lowest BCUT2D eigenvalue weighted by atomic mass is 10.2. The zero-order chi connectivity index (χ0) is 12.6. The molecule has 0 saturated heterocycles. The summed E-state index contributed by atoms with van der Waals surface area (Å²) >= 11 is 0. The summed E-state index contributed by atoms with van der Waals surface area (Å²) in [6, 6.07) is 0. The molecule has 4 nitrogen and oxygen atoms in total. The molecule has 0 rings (SSSR count). The van der Waals surface area contributed by atoms with E-state index in [0.717, 1.165) is 0 Å². The van der Waals surface area contributed by atoms with Crippen molar-refractivity contribution in [3.63, 3.8) is 0 Å². The van der Waals surface area contributed by atoms with Gasteiger partial charge in [0.25, 0.3) is 0 Å². The van der Waals surface area contributed by atoms with Crippen LogP contribution in [0.5, 0.6) is 0 Å². The number of rotatable bonds is 4. The smallest absolute Gasteiger partial charge is 0.384 e. The predicted molar refractivity (Wildman–Crippen MR) is 60.7 cm³/mol. The zero-order valence-corrected chi connectivity index (χ0v) is 10.6. The molecule has 0 aromatic rings. The molecule has 0 unspecified atom stereocenters. The van der Waals surface area contributed by atoms with Crippen molar-refractivity contribution in [3.05, 3.63) is 0 Å². The second kappa shape index (κ2) is 7.26. The van der Waals surface area contributed by atoms with E-state index in [1.54, 1.807) is 35.0 Å². The lowest BCUT2D eigenvalue weighted by Gasteiger charge is -2.16. The van der Waals surface area contributed by atoms with E-state index in [1.165, 1.54) is 0 Å². The number of esters is 1. The molecule has 0 spiro atoms. The fourth-order valence-corrected chi connectivity index (χ4v) is 0.960. The second-order valence-corrected chi connectivity index (χ2v) is 4.24. The largest absolute Gasteiger partial charge is 0.450 e. The van der Waals surface area contributed by atoms with Crippen LogP contribution >= 0.6 is 0 Å². The summed E-state index contributed by atoms with van der Waals surface area (Å²) in [5.74, 6) is 4.64. The molecular weight excluding hydrogens is 208 g/mol. The Morgan fingerprint density at radius 3 is 2.25 bits per heavy atom. The van der Waals surface area contributed by atoms with Gasteiger partial charge in [0, 0.05) is 33.0 Å². The topological polar surface area (TPSA) is 44.8 Å². The third-order valence-corrected chi connectivity index (χ3v) is 1.62. The van der Waals surface area contributed by atoms with E-state index in [0.29, 0.717) is 12.8 Å². The van der Waals surface area contributed by atoms with Crippen molar-refractivity contribution in [1.29, 1.82) is 0 Å². The van der Waals surface area contributed by atoms with Crippen LogP contribution in [0.1, 0.15) is 33.6 Å². The molecule has 0 saturated carbocycles. The van der Waals surface area contributed by atoms with Crippen LogP contribution in [-0.4, -0.2) is 32.1 Å². The number of hydrogen-bond acceptors (Lipinski definition) is 4. The van der Waals surface area contributed by atoms with Gasteiger partial charge in [-0.05, 0) is 20.8 Å². The lowest BCUT2D eigenvalue weighted by Crippen LogP contribution is -2.22. The van der Waals surface area contributed by atoms with Gasteiger partial charge in [-0.1, -0.05) is 5.92 Å². The molecule has 0 aliphatic rings. The van der Waals surface area contributed by atoms with E-state index in [-0.39, 0.29) is 6.29 Å². The molecule has 0 atom stereocenters. The number of ether oxygens (including phenoxy) is 3. The number of methoxy groups -OCH3 is 2. The van der Waals surface area contributed by atoms with E-state index in [9.17, 15) is 4.79 Å². The highest BCUT2D eigenvalue weighted by Crippen LogP contribution is 2.06. The Morgan fingerprint density at radius 1 is 1.25 bits per heavy atom. The maximum atomic E-state index is 11.2. The minimum Gasteiger partial charge on any atom is -0.450 e. The number of carbonyl (C=O) groups is 1. The summed E-state index contributed by atoms with van der Waals surface area (Å²) in [6.45, 7) is 5.41. The Kier molecular flexibility index (Phi) is 6.78. The average molecular weight is 228 g/mol. The Morgan fingerprint density at radius 2 is 1.81 bits per heavy atom. The van der Waals surface area contributed by atoms with Gasteiger partial charge in [0.2, 0.25) is 0 Å². The Hall–Kier alpha value is -1.05. The summed E-state index contributed by atoms with van der Waals surface area (Å²) in [6.07, 6.45) is 0.891. The van der Waals surface area contributed by atoms with Gasteiger partial charge < -0.3 is 14.2 Å². The number of carbonyl (C=O) groups excluding carboxylic acids is 1. The molecule has 0 heterocycles. The third kappa shape index (κ3) is 8.27. The van der Waals surface area contributed by atoms with Crippen LogP contribution in [-0.2, 0) is 19.0 Å². The Labute approximate surface area is 97.3 Å². The molecule has 92 valence electrons. The maximum Gasteiger partial charge on any atom is 0.384 e. The van der Waals surface area contributed by atoms with Crippen molar-refractivity contribution in [1.82, 2.24) is 0 Å².